The maximum atomic E-state index is 12.1. The minimum Gasteiger partial charge on any atom is -0.486 e. The number of carbonyl (C=O) groups excluding carboxylic acids is 2. The predicted octanol–water partition coefficient (Wildman–Crippen LogP) is 3.51. The van der Waals surface area contributed by atoms with Gasteiger partial charge in [0, 0.05) is 17.8 Å². The predicted molar refractivity (Wildman–Crippen MR) is 125 cm³/mol. The van der Waals surface area contributed by atoms with Gasteiger partial charge in [0.1, 0.15) is 12.4 Å². The molecule has 0 atom stereocenters. The number of amides is 2. The largest absolute Gasteiger partial charge is 0.486 e. The van der Waals surface area contributed by atoms with Crippen LogP contribution in [0.2, 0.25) is 5.02 Å². The van der Waals surface area contributed by atoms with E-state index in [1.165, 1.54) is 11.8 Å². The number of nitrogens with zero attached hydrogens (tertiary/aromatic N) is 3. The molecule has 3 aromatic rings. The molecule has 0 spiro atoms. The molecule has 2 amide bonds. The van der Waals surface area contributed by atoms with Crippen molar-refractivity contribution < 1.29 is 14.3 Å². The summed E-state index contributed by atoms with van der Waals surface area (Å²) in [6.45, 7) is 4.05. The standard InChI is InChI=1S/C22H24ClN5O3S/c1-14-5-4-6-18(15(14)2)25-20(29)11-24-21(30)13-32-22-27-26-19(28(22)3)12-31-17-9-7-16(23)8-10-17/h4-10H,11-13H2,1-3H3,(H,24,30)(H,25,29). The molecule has 1 heterocycles. The maximum Gasteiger partial charge on any atom is 0.243 e. The first kappa shape index (κ1) is 23.6. The number of anilines is 1. The molecule has 0 bridgehead atoms. The van der Waals surface area contributed by atoms with Gasteiger partial charge in [-0.05, 0) is 55.3 Å². The van der Waals surface area contributed by atoms with Gasteiger partial charge in [-0.3, -0.25) is 9.59 Å². The van der Waals surface area contributed by atoms with Crippen LogP contribution < -0.4 is 15.4 Å². The Labute approximate surface area is 195 Å². The molecule has 0 radical (unpaired) electrons. The molecular weight excluding hydrogens is 450 g/mol. The smallest absolute Gasteiger partial charge is 0.243 e. The average Bonchev–Trinajstić information content (AvgIpc) is 3.13. The fourth-order valence-corrected chi connectivity index (χ4v) is 3.60. The van der Waals surface area contributed by atoms with Crippen molar-refractivity contribution in [1.82, 2.24) is 20.1 Å². The van der Waals surface area contributed by atoms with Crippen LogP contribution in [0.15, 0.2) is 47.6 Å². The number of halogens is 1. The van der Waals surface area contributed by atoms with Gasteiger partial charge in [0.15, 0.2) is 11.0 Å². The minimum absolute atomic E-state index is 0.105. The number of thioether (sulfide) groups is 1. The third kappa shape index (κ3) is 6.48. The van der Waals surface area contributed by atoms with Crippen LogP contribution >= 0.6 is 23.4 Å². The summed E-state index contributed by atoms with van der Waals surface area (Å²) < 4.78 is 7.45. The molecule has 32 heavy (non-hydrogen) atoms. The number of carbonyl (C=O) groups is 2. The lowest BCUT2D eigenvalue weighted by Crippen LogP contribution is -2.34. The van der Waals surface area contributed by atoms with Crippen molar-refractivity contribution in [3.8, 4) is 5.75 Å². The number of nitrogens with one attached hydrogen (secondary N) is 2. The van der Waals surface area contributed by atoms with Crippen molar-refractivity contribution in [1.29, 1.82) is 0 Å². The number of hydrogen-bond donors (Lipinski definition) is 2. The molecule has 0 unspecified atom stereocenters. The molecule has 2 aromatic carbocycles. The highest BCUT2D eigenvalue weighted by Crippen LogP contribution is 2.19. The lowest BCUT2D eigenvalue weighted by molar-refractivity contribution is -0.122. The van der Waals surface area contributed by atoms with Crippen molar-refractivity contribution in [3.05, 3.63) is 64.4 Å². The summed E-state index contributed by atoms with van der Waals surface area (Å²) in [6, 6.07) is 12.7. The highest BCUT2D eigenvalue weighted by Gasteiger charge is 2.13. The van der Waals surface area contributed by atoms with E-state index in [2.05, 4.69) is 20.8 Å². The van der Waals surface area contributed by atoms with E-state index >= 15 is 0 Å². The normalized spacial score (nSPS) is 10.6. The number of aromatic nitrogens is 3. The fraction of sp³-hybridized carbons (Fsp3) is 0.273. The van der Waals surface area contributed by atoms with E-state index in [1.807, 2.05) is 32.0 Å². The SMILES string of the molecule is Cc1cccc(NC(=O)CNC(=O)CSc2nnc(COc3ccc(Cl)cc3)n2C)c1C. The molecule has 3 rings (SSSR count). The summed E-state index contributed by atoms with van der Waals surface area (Å²) in [7, 11) is 1.80. The molecule has 2 N–H and O–H groups in total. The zero-order valence-corrected chi connectivity index (χ0v) is 19.6. The van der Waals surface area contributed by atoms with Gasteiger partial charge < -0.3 is 19.9 Å². The minimum atomic E-state index is -0.280. The Morgan fingerprint density at radius 2 is 1.84 bits per heavy atom. The zero-order chi connectivity index (χ0) is 23.1. The molecule has 0 aliphatic heterocycles. The van der Waals surface area contributed by atoms with Crippen molar-refractivity contribution in [2.75, 3.05) is 17.6 Å². The van der Waals surface area contributed by atoms with Crippen molar-refractivity contribution >= 4 is 40.9 Å². The van der Waals surface area contributed by atoms with Gasteiger partial charge in [-0.15, -0.1) is 10.2 Å². The maximum absolute atomic E-state index is 12.1. The van der Waals surface area contributed by atoms with E-state index in [0.717, 1.165) is 16.8 Å². The molecule has 8 nitrogen and oxygen atoms in total. The van der Waals surface area contributed by atoms with E-state index in [4.69, 9.17) is 16.3 Å². The molecule has 0 aliphatic carbocycles. The average molecular weight is 474 g/mol. The highest BCUT2D eigenvalue weighted by molar-refractivity contribution is 7.99. The first-order chi connectivity index (χ1) is 15.3. The van der Waals surface area contributed by atoms with Crippen LogP contribution in [0.4, 0.5) is 5.69 Å². The summed E-state index contributed by atoms with van der Waals surface area (Å²) in [4.78, 5) is 24.3. The van der Waals surface area contributed by atoms with Gasteiger partial charge in [-0.1, -0.05) is 35.5 Å². The molecule has 0 fully saturated rings. The summed E-state index contributed by atoms with van der Waals surface area (Å²) in [5.41, 5.74) is 2.83. The summed E-state index contributed by atoms with van der Waals surface area (Å²) >= 11 is 7.10. The Bertz CT molecular complexity index is 1100. The van der Waals surface area contributed by atoms with Crippen molar-refractivity contribution in [2.45, 2.75) is 25.6 Å². The van der Waals surface area contributed by atoms with Crippen LogP contribution in [-0.4, -0.2) is 38.9 Å². The molecule has 0 saturated carbocycles. The van der Waals surface area contributed by atoms with Gasteiger partial charge in [0.2, 0.25) is 11.8 Å². The van der Waals surface area contributed by atoms with Gasteiger partial charge in [0.05, 0.1) is 12.3 Å². The van der Waals surface area contributed by atoms with Crippen LogP contribution in [0, 0.1) is 13.8 Å². The molecular formula is C22H24ClN5O3S. The van der Waals surface area contributed by atoms with E-state index in [1.54, 1.807) is 35.9 Å². The molecule has 168 valence electrons. The Hall–Kier alpha value is -3.04. The topological polar surface area (TPSA) is 98.1 Å². The summed E-state index contributed by atoms with van der Waals surface area (Å²) in [5.74, 6) is 0.854. The third-order valence-corrected chi connectivity index (χ3v) is 6.04. The second-order valence-electron chi connectivity index (χ2n) is 7.06. The Morgan fingerprint density at radius 3 is 2.59 bits per heavy atom. The molecule has 0 aliphatic rings. The van der Waals surface area contributed by atoms with Crippen LogP contribution in [0.5, 0.6) is 5.75 Å². The number of hydrogen-bond acceptors (Lipinski definition) is 6. The van der Waals surface area contributed by atoms with Gasteiger partial charge in [-0.25, -0.2) is 0 Å². The summed E-state index contributed by atoms with van der Waals surface area (Å²) in [5, 5.41) is 14.9. The lowest BCUT2D eigenvalue weighted by Gasteiger charge is -2.11. The molecule has 0 saturated heterocycles. The van der Waals surface area contributed by atoms with E-state index in [9.17, 15) is 9.59 Å². The van der Waals surface area contributed by atoms with Crippen LogP contribution in [0.1, 0.15) is 17.0 Å². The number of ether oxygens (including phenoxy) is 1. The van der Waals surface area contributed by atoms with Crippen LogP contribution in [0.3, 0.4) is 0 Å². The number of benzene rings is 2. The zero-order valence-electron chi connectivity index (χ0n) is 18.0. The van der Waals surface area contributed by atoms with Crippen LogP contribution in [-0.2, 0) is 23.2 Å². The Morgan fingerprint density at radius 1 is 1.09 bits per heavy atom. The quantitative estimate of drug-likeness (QED) is 0.461. The van der Waals surface area contributed by atoms with Gasteiger partial charge >= 0.3 is 0 Å². The fourth-order valence-electron chi connectivity index (χ4n) is 2.72. The second kappa shape index (κ2) is 11.0. The molecule has 10 heteroatoms. The summed E-state index contributed by atoms with van der Waals surface area (Å²) in [6.07, 6.45) is 0. The monoisotopic (exact) mass is 473 g/mol. The second-order valence-corrected chi connectivity index (χ2v) is 8.44. The van der Waals surface area contributed by atoms with Gasteiger partial charge in [-0.2, -0.15) is 0 Å². The van der Waals surface area contributed by atoms with E-state index < -0.39 is 0 Å². The number of aryl methyl sites for hydroxylation is 1. The van der Waals surface area contributed by atoms with E-state index in [0.29, 0.717) is 21.8 Å². The Kier molecular flexibility index (Phi) is 8.13. The highest BCUT2D eigenvalue weighted by atomic mass is 35.5. The first-order valence-corrected chi connectivity index (χ1v) is 11.2. The number of rotatable bonds is 9. The van der Waals surface area contributed by atoms with Crippen molar-refractivity contribution in [3.63, 3.8) is 0 Å². The van der Waals surface area contributed by atoms with E-state index in [-0.39, 0.29) is 30.7 Å². The third-order valence-electron chi connectivity index (χ3n) is 4.76. The van der Waals surface area contributed by atoms with Crippen molar-refractivity contribution in [2.24, 2.45) is 7.05 Å². The van der Waals surface area contributed by atoms with Gasteiger partial charge in [0.25, 0.3) is 0 Å². The lowest BCUT2D eigenvalue weighted by atomic mass is 10.1. The Balaban J connectivity index is 1.43. The molecule has 1 aromatic heterocycles. The van der Waals surface area contributed by atoms with Crippen LogP contribution in [0.25, 0.3) is 0 Å². The first-order valence-electron chi connectivity index (χ1n) is 9.85.